The number of halogens is 3. The summed E-state index contributed by atoms with van der Waals surface area (Å²) < 4.78 is 42.0. The van der Waals surface area contributed by atoms with Crippen LogP contribution in [0, 0.1) is 6.92 Å². The third-order valence-corrected chi connectivity index (χ3v) is 7.09. The van der Waals surface area contributed by atoms with E-state index in [0.717, 1.165) is 32.8 Å². The summed E-state index contributed by atoms with van der Waals surface area (Å²) >= 11 is 1.62. The molecule has 0 spiro atoms. The number of aryl methyl sites for hydroxylation is 1. The highest BCUT2D eigenvalue weighted by Gasteiger charge is 2.36. The number of benzene rings is 2. The number of para-hydroxylation sites is 1. The van der Waals surface area contributed by atoms with Crippen molar-refractivity contribution in [3.05, 3.63) is 115 Å². The molecule has 1 aliphatic rings. The van der Waals surface area contributed by atoms with Crippen molar-refractivity contribution in [1.82, 2.24) is 14.7 Å². The molecule has 2 aromatic heterocycles. The van der Waals surface area contributed by atoms with Gasteiger partial charge in [-0.2, -0.15) is 18.3 Å². The maximum atomic E-state index is 13.7. The predicted octanol–water partition coefficient (Wildman–Crippen LogP) is 5.41. The number of aromatic nitrogens is 2. The second-order valence-corrected chi connectivity index (χ2v) is 9.29. The van der Waals surface area contributed by atoms with Gasteiger partial charge in [-0.3, -0.25) is 9.59 Å². The molecule has 3 heterocycles. The van der Waals surface area contributed by atoms with Crippen LogP contribution in [-0.4, -0.2) is 27.1 Å². The number of carbonyl (C=O) groups excluding carboxylic acids is 1. The fourth-order valence-electron chi connectivity index (χ4n) is 4.50. The zero-order valence-electron chi connectivity index (χ0n) is 18.6. The van der Waals surface area contributed by atoms with Crippen LogP contribution in [0.15, 0.2) is 76.9 Å². The molecular formula is C26H20F3N3O2S. The lowest BCUT2D eigenvalue weighted by Gasteiger charge is -2.36. The molecule has 1 amide bonds. The molecule has 1 aliphatic heterocycles. The minimum Gasteiger partial charge on any atom is -0.326 e. The van der Waals surface area contributed by atoms with Gasteiger partial charge in [0.1, 0.15) is 0 Å². The average molecular weight is 496 g/mol. The number of thiophene rings is 1. The fourth-order valence-corrected chi connectivity index (χ4v) is 5.41. The largest absolute Gasteiger partial charge is 0.418 e. The number of alkyl halides is 3. The van der Waals surface area contributed by atoms with E-state index in [1.807, 2.05) is 41.8 Å². The van der Waals surface area contributed by atoms with Crippen molar-refractivity contribution < 1.29 is 18.0 Å². The lowest BCUT2D eigenvalue weighted by molar-refractivity contribution is -0.137. The second kappa shape index (κ2) is 8.81. The van der Waals surface area contributed by atoms with Crippen molar-refractivity contribution in [3.63, 3.8) is 0 Å². The molecule has 0 aliphatic carbocycles. The molecule has 4 aromatic rings. The van der Waals surface area contributed by atoms with Gasteiger partial charge in [0.15, 0.2) is 5.69 Å². The molecule has 0 N–H and O–H groups in total. The molecule has 0 saturated heterocycles. The molecule has 9 heteroatoms. The van der Waals surface area contributed by atoms with E-state index in [2.05, 4.69) is 5.10 Å². The molecule has 5 rings (SSSR count). The van der Waals surface area contributed by atoms with Crippen LogP contribution in [0.5, 0.6) is 0 Å². The van der Waals surface area contributed by atoms with E-state index < -0.39 is 34.8 Å². The van der Waals surface area contributed by atoms with Gasteiger partial charge in [-0.15, -0.1) is 11.3 Å². The Morgan fingerprint density at radius 2 is 1.77 bits per heavy atom. The number of hydrogen-bond acceptors (Lipinski definition) is 4. The summed E-state index contributed by atoms with van der Waals surface area (Å²) in [5, 5.41) is 6.15. The Labute approximate surface area is 203 Å². The van der Waals surface area contributed by atoms with Gasteiger partial charge in [-0.05, 0) is 48.1 Å². The molecule has 0 fully saturated rings. The van der Waals surface area contributed by atoms with Gasteiger partial charge in [0.2, 0.25) is 5.43 Å². The fraction of sp³-hybridized carbons (Fsp3) is 0.192. The minimum atomic E-state index is -4.63. The van der Waals surface area contributed by atoms with E-state index in [4.69, 9.17) is 0 Å². The molecular weight excluding hydrogens is 475 g/mol. The quantitative estimate of drug-likeness (QED) is 0.382. The van der Waals surface area contributed by atoms with Crippen LogP contribution in [0.2, 0.25) is 0 Å². The Morgan fingerprint density at radius 1 is 1.06 bits per heavy atom. The van der Waals surface area contributed by atoms with Gasteiger partial charge in [0.05, 0.1) is 17.3 Å². The maximum absolute atomic E-state index is 13.7. The number of hydrogen-bond donors (Lipinski definition) is 0. The SMILES string of the molecule is Cc1cc(=O)c(C(=O)N2CCc3sccc3C2c2ccccc2)nn1-c1ccccc1C(F)(F)F. The predicted molar refractivity (Wildman–Crippen MR) is 127 cm³/mol. The third kappa shape index (κ3) is 4.16. The topological polar surface area (TPSA) is 55.2 Å². The molecule has 0 saturated carbocycles. The van der Waals surface area contributed by atoms with Gasteiger partial charge in [0, 0.05) is 23.2 Å². The highest BCUT2D eigenvalue weighted by atomic mass is 32.1. The van der Waals surface area contributed by atoms with Gasteiger partial charge < -0.3 is 4.90 Å². The minimum absolute atomic E-state index is 0.196. The van der Waals surface area contributed by atoms with Crippen molar-refractivity contribution in [3.8, 4) is 5.69 Å². The summed E-state index contributed by atoms with van der Waals surface area (Å²) in [6.45, 7) is 1.85. The highest BCUT2D eigenvalue weighted by molar-refractivity contribution is 7.10. The highest BCUT2D eigenvalue weighted by Crippen LogP contribution is 2.38. The first-order chi connectivity index (χ1) is 16.8. The maximum Gasteiger partial charge on any atom is 0.418 e. The molecule has 35 heavy (non-hydrogen) atoms. The van der Waals surface area contributed by atoms with Crippen molar-refractivity contribution in [2.75, 3.05) is 6.54 Å². The van der Waals surface area contributed by atoms with Gasteiger partial charge in [-0.25, -0.2) is 4.68 Å². The number of nitrogens with zero attached hydrogens (tertiary/aromatic N) is 3. The van der Waals surface area contributed by atoms with Crippen LogP contribution in [-0.2, 0) is 12.6 Å². The summed E-state index contributed by atoms with van der Waals surface area (Å²) in [6.07, 6.45) is -4.00. The van der Waals surface area contributed by atoms with Gasteiger partial charge in [-0.1, -0.05) is 42.5 Å². The Morgan fingerprint density at radius 3 is 2.51 bits per heavy atom. The molecule has 5 nitrogen and oxygen atoms in total. The van der Waals surface area contributed by atoms with Crippen LogP contribution in [0.3, 0.4) is 0 Å². The Kier molecular flexibility index (Phi) is 5.80. The summed E-state index contributed by atoms with van der Waals surface area (Å²) in [4.78, 5) is 29.4. The number of amides is 1. The van der Waals surface area contributed by atoms with E-state index in [9.17, 15) is 22.8 Å². The van der Waals surface area contributed by atoms with Crippen molar-refractivity contribution in [2.45, 2.75) is 25.6 Å². The van der Waals surface area contributed by atoms with Crippen molar-refractivity contribution in [1.29, 1.82) is 0 Å². The van der Waals surface area contributed by atoms with Gasteiger partial charge in [0.25, 0.3) is 5.91 Å². The first kappa shape index (κ1) is 23.0. The molecule has 2 aromatic carbocycles. The third-order valence-electron chi connectivity index (χ3n) is 6.09. The molecule has 1 atom stereocenters. The van der Waals surface area contributed by atoms with Crippen LogP contribution >= 0.6 is 11.3 Å². The van der Waals surface area contributed by atoms with Crippen LogP contribution < -0.4 is 5.43 Å². The van der Waals surface area contributed by atoms with Crippen molar-refractivity contribution >= 4 is 17.2 Å². The standard InChI is InChI=1S/C26H20F3N3O2S/c1-16-15-21(33)23(30-32(16)20-10-6-5-9-19(20)26(27,28)29)25(34)31-13-11-22-18(12-14-35-22)24(31)17-7-3-2-4-8-17/h2-10,12,14-15,24H,11,13H2,1H3. The van der Waals surface area contributed by atoms with Crippen LogP contribution in [0.1, 0.15) is 43.8 Å². The molecule has 0 bridgehead atoms. The Hall–Kier alpha value is -3.72. The molecule has 178 valence electrons. The number of rotatable bonds is 3. The van der Waals surface area contributed by atoms with Crippen LogP contribution in [0.4, 0.5) is 13.2 Å². The van der Waals surface area contributed by atoms with Crippen molar-refractivity contribution in [2.24, 2.45) is 0 Å². The van der Waals surface area contributed by atoms with E-state index in [1.165, 1.54) is 25.1 Å². The smallest absolute Gasteiger partial charge is 0.326 e. The average Bonchev–Trinajstić information content (AvgIpc) is 3.32. The lowest BCUT2D eigenvalue weighted by Crippen LogP contribution is -2.42. The molecule has 0 radical (unpaired) electrons. The summed E-state index contributed by atoms with van der Waals surface area (Å²) in [7, 11) is 0. The van der Waals surface area contributed by atoms with Crippen LogP contribution in [0.25, 0.3) is 5.69 Å². The Bertz CT molecular complexity index is 1460. The number of carbonyl (C=O) groups is 1. The Balaban J connectivity index is 1.62. The first-order valence-corrected chi connectivity index (χ1v) is 11.8. The van der Waals surface area contributed by atoms with Gasteiger partial charge >= 0.3 is 6.18 Å². The summed E-state index contributed by atoms with van der Waals surface area (Å²) in [6, 6.07) is 17.1. The van der Waals surface area contributed by atoms with E-state index >= 15 is 0 Å². The van der Waals surface area contributed by atoms with E-state index in [-0.39, 0.29) is 11.4 Å². The van der Waals surface area contributed by atoms with E-state index in [0.29, 0.717) is 13.0 Å². The monoisotopic (exact) mass is 495 g/mol. The second-order valence-electron chi connectivity index (χ2n) is 8.29. The normalized spacial score (nSPS) is 15.7. The zero-order valence-corrected chi connectivity index (χ0v) is 19.4. The first-order valence-electron chi connectivity index (χ1n) is 11.0. The number of fused-ring (bicyclic) bond motifs is 1. The zero-order chi connectivity index (χ0) is 24.7. The lowest BCUT2D eigenvalue weighted by atomic mass is 9.93. The molecule has 1 unspecified atom stereocenters. The van der Waals surface area contributed by atoms with E-state index in [1.54, 1.807) is 16.2 Å². The summed E-state index contributed by atoms with van der Waals surface area (Å²) in [5.41, 5.74) is -0.124. The summed E-state index contributed by atoms with van der Waals surface area (Å²) in [5.74, 6) is -0.612.